The van der Waals surface area contributed by atoms with Crippen LogP contribution in [0.4, 0.5) is 0 Å². The monoisotopic (exact) mass is 1070 g/mol. The summed E-state index contributed by atoms with van der Waals surface area (Å²) in [5.41, 5.74) is 0.964. The SMILES string of the molecule is CC(=O)CO.CC(C)(CN=Cc1ccccc1O)N=Cc1ccccc1O.CC1CO1.C[C@@H](O)CO.C[C@H](O)CO.C[C@H](O)CO.C[C@H](O)CO.O.S.[CH3-].[CH3-].[CH3-].[Co].[Y].[Y]. The van der Waals surface area contributed by atoms with E-state index in [0.717, 1.165) is 6.61 Å². The minimum absolute atomic E-state index is 0. The second kappa shape index (κ2) is 59.8. The van der Waals surface area contributed by atoms with E-state index in [4.69, 9.17) is 50.7 Å². The van der Waals surface area contributed by atoms with Crippen LogP contribution < -0.4 is 0 Å². The molecule has 2 aromatic carbocycles. The van der Waals surface area contributed by atoms with E-state index in [1.165, 1.54) is 34.6 Å². The van der Waals surface area contributed by atoms with Gasteiger partial charge in [0.1, 0.15) is 18.1 Å². The Balaban J connectivity index is -0.0000000500. The molecule has 1 aliphatic heterocycles. The van der Waals surface area contributed by atoms with Crippen LogP contribution in [0.3, 0.4) is 0 Å². The summed E-state index contributed by atoms with van der Waals surface area (Å²) in [6, 6.07) is 14.1. The van der Waals surface area contributed by atoms with Crippen LogP contribution in [0.5, 0.6) is 11.5 Å². The first-order valence-corrected chi connectivity index (χ1v) is 16.2. The number of benzene rings is 2. The van der Waals surface area contributed by atoms with Gasteiger partial charge in [0, 0.05) is 106 Å². The van der Waals surface area contributed by atoms with Crippen molar-refractivity contribution in [3.05, 3.63) is 81.9 Å². The second-order valence-electron chi connectivity index (χ2n) is 11.8. The molecule has 0 spiro atoms. The molecule has 1 heterocycles. The molecule has 351 valence electrons. The van der Waals surface area contributed by atoms with E-state index in [9.17, 15) is 15.0 Å². The molecule has 0 aliphatic carbocycles. The van der Waals surface area contributed by atoms with Gasteiger partial charge in [-0.05, 0) is 79.7 Å². The van der Waals surface area contributed by atoms with Gasteiger partial charge in [0.2, 0.25) is 0 Å². The van der Waals surface area contributed by atoms with E-state index in [1.54, 1.807) is 48.8 Å². The number of phenolic OH excluding ortho intramolecular Hbond substituents is 2. The molecule has 0 bridgehead atoms. The Labute approximate surface area is 422 Å². The number of aliphatic hydroxyl groups is 9. The third-order valence-electron chi connectivity index (χ3n) is 4.91. The van der Waals surface area contributed by atoms with Crippen molar-refractivity contribution in [1.82, 2.24) is 0 Å². The van der Waals surface area contributed by atoms with E-state index in [0.29, 0.717) is 23.8 Å². The molecule has 13 N–H and O–H groups in total. The van der Waals surface area contributed by atoms with Crippen molar-refractivity contribution in [3.63, 3.8) is 0 Å². The Morgan fingerprint density at radius 2 is 0.966 bits per heavy atom. The standard InChI is InChI=1S/C18H20N2O2.4C3H8O2.C3H6O2.C3H6O.3CH3.Co.H2O.H2S.2Y/c1-18(2,20-12-15-8-4-6-10-17(15)22)13-19-11-14-7-3-5-9-16(14)21;5*1-3(5)2-4;1-3-2-4-3;;;;;;;;/h3-12,21-22H,13H2,1-2H3;4*3-5H,2H2,1H3;4H,2H2,1H3;3H,2H2,1H3;3*1H3;;2*1H2;;/q;;;;;;;3*-1;;;;;/t;4*3-;;;;;;;;;;/m.1000........../s1. The maximum absolute atomic E-state index is 9.71. The molecule has 5 atom stereocenters. The van der Waals surface area contributed by atoms with E-state index >= 15 is 0 Å². The first-order valence-electron chi connectivity index (χ1n) is 16.2. The van der Waals surface area contributed by atoms with Crippen molar-refractivity contribution in [2.75, 3.05) is 46.2 Å². The van der Waals surface area contributed by atoms with Crippen LogP contribution in [-0.2, 0) is 91.7 Å². The Hall–Kier alpha value is -0.326. The summed E-state index contributed by atoms with van der Waals surface area (Å²) in [7, 11) is 0. The minimum Gasteiger partial charge on any atom is -0.507 e. The average molecular weight is 1070 g/mol. The van der Waals surface area contributed by atoms with Crippen LogP contribution in [0.1, 0.15) is 66.5 Å². The van der Waals surface area contributed by atoms with E-state index in [1.807, 2.05) is 26.0 Å². The number of aliphatic imine (C=N–C) groups is 2. The number of epoxide rings is 1. The number of rotatable bonds is 10. The van der Waals surface area contributed by atoms with E-state index in [-0.39, 0.29) is 174 Å². The van der Waals surface area contributed by atoms with Gasteiger partial charge in [-0.15, -0.1) is 0 Å². The Kier molecular flexibility index (Phi) is 90.8. The van der Waals surface area contributed by atoms with Crippen molar-refractivity contribution >= 4 is 31.7 Å². The number of para-hydroxylation sites is 2. The van der Waals surface area contributed by atoms with Gasteiger partial charge in [-0.3, -0.25) is 14.8 Å². The molecular weight excluding hydrogens is 989 g/mol. The fourth-order valence-corrected chi connectivity index (χ4v) is 1.94. The average Bonchev–Trinajstić information content (AvgIpc) is 3.88. The van der Waals surface area contributed by atoms with Gasteiger partial charge < -0.3 is 88.7 Å². The molecule has 3 radical (unpaired) electrons. The fourth-order valence-electron chi connectivity index (χ4n) is 1.94. The number of carbonyl (C=O) groups is 1. The van der Waals surface area contributed by atoms with Gasteiger partial charge in [0.05, 0.1) is 75.6 Å². The molecule has 1 unspecified atom stereocenters. The number of Topliss-reactive ketones (excluding diaryl/α,β-unsaturated/α-hetero) is 1. The van der Waals surface area contributed by atoms with Crippen LogP contribution in [-0.4, -0.2) is 162 Å². The third-order valence-corrected chi connectivity index (χ3v) is 4.91. The quantitative estimate of drug-likeness (QED) is 0.0914. The number of aromatic hydroxyl groups is 2. The van der Waals surface area contributed by atoms with Crippen molar-refractivity contribution in [2.24, 2.45) is 9.98 Å². The fraction of sp³-hybridized carbons (Fsp3) is 0.538. The molecule has 1 saturated heterocycles. The second-order valence-corrected chi connectivity index (χ2v) is 11.8. The maximum atomic E-state index is 9.71. The maximum Gasteiger partial charge on any atom is 0.155 e. The summed E-state index contributed by atoms with van der Waals surface area (Å²) in [5, 5.41) is 91.2. The van der Waals surface area contributed by atoms with E-state index < -0.39 is 30.0 Å². The van der Waals surface area contributed by atoms with Crippen molar-refractivity contribution < 1.29 is 153 Å². The molecule has 1 aliphatic rings. The summed E-state index contributed by atoms with van der Waals surface area (Å²) < 4.78 is 4.71. The molecule has 0 amide bonds. The van der Waals surface area contributed by atoms with Crippen LogP contribution >= 0.6 is 13.5 Å². The molecule has 3 rings (SSSR count). The summed E-state index contributed by atoms with van der Waals surface area (Å²) in [5.74, 6) is 0.228. The molecule has 1 fully saturated rings. The molecule has 20 heteroatoms. The minimum atomic E-state index is -0.560. The molecule has 0 aromatic heterocycles. The predicted octanol–water partition coefficient (Wildman–Crippen LogP) is 1.46. The predicted molar refractivity (Wildman–Crippen MR) is 232 cm³/mol. The summed E-state index contributed by atoms with van der Waals surface area (Å²) in [6.07, 6.45) is 1.65. The van der Waals surface area contributed by atoms with Crippen molar-refractivity contribution in [1.29, 1.82) is 0 Å². The zero-order chi connectivity index (χ0) is 40.4. The molecule has 2 aromatic rings. The topological polar surface area (TPSA) is 308 Å². The smallest absolute Gasteiger partial charge is 0.155 e. The molecule has 16 nitrogen and oxygen atoms in total. The molecule has 59 heavy (non-hydrogen) atoms. The number of ketones is 1. The Morgan fingerprint density at radius 3 is 1.17 bits per heavy atom. The van der Waals surface area contributed by atoms with Crippen molar-refractivity contribution in [2.45, 2.75) is 91.4 Å². The van der Waals surface area contributed by atoms with Gasteiger partial charge in [-0.1, -0.05) is 24.3 Å². The summed E-state index contributed by atoms with van der Waals surface area (Å²) >= 11 is 0. The number of aliphatic hydroxyl groups excluding tert-OH is 9. The van der Waals surface area contributed by atoms with Gasteiger partial charge >= 0.3 is 0 Å². The van der Waals surface area contributed by atoms with Gasteiger partial charge in [0.25, 0.3) is 0 Å². The zero-order valence-electron chi connectivity index (χ0n) is 36.7. The van der Waals surface area contributed by atoms with E-state index in [2.05, 4.69) is 16.9 Å². The first-order chi connectivity index (χ1) is 23.7. The Bertz CT molecular complexity index is 1140. The van der Waals surface area contributed by atoms with Gasteiger partial charge in [-0.25, -0.2) is 0 Å². The normalized spacial score (nSPS) is 13.0. The number of phenols is 2. The van der Waals surface area contributed by atoms with Crippen molar-refractivity contribution in [3.8, 4) is 11.5 Å². The van der Waals surface area contributed by atoms with Crippen LogP contribution in [0, 0.1) is 22.3 Å². The van der Waals surface area contributed by atoms with Gasteiger partial charge in [0.15, 0.2) is 5.78 Å². The summed E-state index contributed by atoms with van der Waals surface area (Å²) in [4.78, 5) is 18.4. The number of ether oxygens (including phenoxy) is 1. The van der Waals surface area contributed by atoms with Crippen LogP contribution in [0.15, 0.2) is 58.5 Å². The molecule has 0 saturated carbocycles. The van der Waals surface area contributed by atoms with Gasteiger partial charge in [-0.2, -0.15) is 13.5 Å². The van der Waals surface area contributed by atoms with Crippen LogP contribution in [0.25, 0.3) is 0 Å². The largest absolute Gasteiger partial charge is 0.507 e. The number of carbonyl (C=O) groups excluding carboxylic acids is 1. The number of hydrogen-bond donors (Lipinski definition) is 11. The van der Waals surface area contributed by atoms with Crippen LogP contribution in [0.2, 0.25) is 0 Å². The third kappa shape index (κ3) is 78.7. The summed E-state index contributed by atoms with van der Waals surface area (Å²) in [6.45, 7) is 14.0. The number of hydrogen-bond acceptors (Lipinski definition) is 15. The first kappa shape index (κ1) is 89.6. The number of nitrogens with zero attached hydrogens (tertiary/aromatic N) is 2. The Morgan fingerprint density at radius 1 is 0.729 bits per heavy atom. The molecular formula is C39H77CoN2O14SY2-3. The zero-order valence-corrected chi connectivity index (χ0v) is 44.4.